The van der Waals surface area contributed by atoms with E-state index >= 15 is 0 Å². The molecule has 0 amide bonds. The highest BCUT2D eigenvalue weighted by atomic mass is 32.2. The van der Waals surface area contributed by atoms with E-state index in [4.69, 9.17) is 4.74 Å². The normalized spacial score (nSPS) is 20.9. The van der Waals surface area contributed by atoms with Crippen molar-refractivity contribution in [2.24, 2.45) is 4.99 Å². The molecule has 0 aliphatic carbocycles. The van der Waals surface area contributed by atoms with Crippen molar-refractivity contribution in [3.8, 4) is 5.75 Å². The molecule has 80 valence electrons. The molecule has 1 atom stereocenters. The van der Waals surface area contributed by atoms with Crippen LogP contribution in [0.2, 0.25) is 0 Å². The second-order valence-electron chi connectivity index (χ2n) is 3.29. The van der Waals surface area contributed by atoms with Crippen LogP contribution in [0.4, 0.5) is 0 Å². The Balaban J connectivity index is 2.32. The Hall–Kier alpha value is -1.00. The van der Waals surface area contributed by atoms with Crippen LogP contribution in [0.5, 0.6) is 5.75 Å². The molecule has 0 aromatic heterocycles. The minimum atomic E-state index is 0.405. The number of hydrogen-bond acceptors (Lipinski definition) is 4. The van der Waals surface area contributed by atoms with Gasteiger partial charge in [-0.15, -0.1) is 0 Å². The van der Waals surface area contributed by atoms with Gasteiger partial charge in [0.2, 0.25) is 0 Å². The van der Waals surface area contributed by atoms with Crippen molar-refractivity contribution in [3.63, 3.8) is 0 Å². The van der Waals surface area contributed by atoms with E-state index in [0.717, 1.165) is 16.4 Å². The van der Waals surface area contributed by atoms with Gasteiger partial charge in [-0.2, -0.15) is 0 Å². The summed E-state index contributed by atoms with van der Waals surface area (Å²) in [6.07, 6.45) is 0. The van der Waals surface area contributed by atoms with E-state index in [1.54, 1.807) is 18.9 Å². The second-order valence-corrected chi connectivity index (χ2v) is 4.62. The highest BCUT2D eigenvalue weighted by molar-refractivity contribution is 8.14. The van der Waals surface area contributed by atoms with Gasteiger partial charge in [0.05, 0.1) is 19.2 Å². The zero-order valence-electron chi connectivity index (χ0n) is 8.86. The van der Waals surface area contributed by atoms with Gasteiger partial charge in [-0.1, -0.05) is 23.9 Å². The highest BCUT2D eigenvalue weighted by Gasteiger charge is 2.16. The molecular weight excluding hydrogens is 208 g/mol. The van der Waals surface area contributed by atoms with Gasteiger partial charge in [-0.25, -0.2) is 0 Å². The monoisotopic (exact) mass is 222 g/mol. The van der Waals surface area contributed by atoms with E-state index in [0.29, 0.717) is 12.0 Å². The molecule has 0 saturated carbocycles. The number of benzene rings is 1. The summed E-state index contributed by atoms with van der Waals surface area (Å²) >= 11 is 1.73. The number of thioether (sulfide) groups is 1. The fourth-order valence-electron chi connectivity index (χ4n) is 1.46. The van der Waals surface area contributed by atoms with Crippen molar-refractivity contribution in [3.05, 3.63) is 29.8 Å². The summed E-state index contributed by atoms with van der Waals surface area (Å²) in [6.45, 7) is 2.82. The Morgan fingerprint density at radius 3 is 3.00 bits per heavy atom. The first-order valence-electron chi connectivity index (χ1n) is 4.89. The van der Waals surface area contributed by atoms with Gasteiger partial charge in [0.25, 0.3) is 0 Å². The predicted molar refractivity (Wildman–Crippen MR) is 64.6 cm³/mol. The van der Waals surface area contributed by atoms with E-state index in [2.05, 4.69) is 17.2 Å². The summed E-state index contributed by atoms with van der Waals surface area (Å²) < 4.78 is 5.32. The molecule has 0 radical (unpaired) electrons. The number of methoxy groups -OCH3 is 1. The zero-order chi connectivity index (χ0) is 10.7. The number of nitrogens with zero attached hydrogens (tertiary/aromatic N) is 1. The van der Waals surface area contributed by atoms with Gasteiger partial charge in [0, 0.05) is 5.56 Å². The summed E-state index contributed by atoms with van der Waals surface area (Å²) in [6, 6.07) is 7.99. The van der Waals surface area contributed by atoms with Gasteiger partial charge in [0.15, 0.2) is 0 Å². The Morgan fingerprint density at radius 1 is 1.47 bits per heavy atom. The molecule has 1 aliphatic heterocycles. The number of rotatable bonds is 2. The quantitative estimate of drug-likeness (QED) is 0.831. The molecule has 1 aromatic rings. The van der Waals surface area contributed by atoms with Gasteiger partial charge in [0.1, 0.15) is 10.8 Å². The smallest absolute Gasteiger partial charge is 0.128 e. The molecule has 15 heavy (non-hydrogen) atoms. The van der Waals surface area contributed by atoms with Crippen LogP contribution < -0.4 is 10.1 Å². The van der Waals surface area contributed by atoms with E-state index in [1.165, 1.54) is 0 Å². The summed E-state index contributed by atoms with van der Waals surface area (Å²) in [7, 11) is 1.69. The zero-order valence-corrected chi connectivity index (χ0v) is 9.67. The maximum Gasteiger partial charge on any atom is 0.128 e. The molecule has 2 rings (SSSR count). The molecule has 3 nitrogen and oxygen atoms in total. The third kappa shape index (κ3) is 2.33. The van der Waals surface area contributed by atoms with Crippen LogP contribution in [0.1, 0.15) is 12.5 Å². The van der Waals surface area contributed by atoms with Crippen LogP contribution in [-0.4, -0.2) is 24.2 Å². The average molecular weight is 222 g/mol. The highest BCUT2D eigenvalue weighted by Crippen LogP contribution is 2.26. The van der Waals surface area contributed by atoms with Crippen LogP contribution in [0.3, 0.4) is 0 Å². The molecule has 0 bridgehead atoms. The van der Waals surface area contributed by atoms with Gasteiger partial charge < -0.3 is 4.74 Å². The van der Waals surface area contributed by atoms with Crippen molar-refractivity contribution in [1.29, 1.82) is 0 Å². The van der Waals surface area contributed by atoms with E-state index in [-0.39, 0.29) is 0 Å². The molecule has 4 heteroatoms. The lowest BCUT2D eigenvalue weighted by molar-refractivity contribution is 0.414. The Morgan fingerprint density at radius 2 is 2.27 bits per heavy atom. The van der Waals surface area contributed by atoms with Crippen molar-refractivity contribution in [2.45, 2.75) is 12.3 Å². The first-order chi connectivity index (χ1) is 7.31. The van der Waals surface area contributed by atoms with Gasteiger partial charge in [-0.3, -0.25) is 10.3 Å². The Labute approximate surface area is 93.9 Å². The third-order valence-electron chi connectivity index (χ3n) is 2.23. The fraction of sp³-hybridized carbons (Fsp3) is 0.364. The number of para-hydroxylation sites is 1. The molecule has 0 spiro atoms. The van der Waals surface area contributed by atoms with Crippen molar-refractivity contribution < 1.29 is 4.74 Å². The van der Waals surface area contributed by atoms with Crippen molar-refractivity contribution in [2.75, 3.05) is 13.8 Å². The van der Waals surface area contributed by atoms with E-state index in [1.807, 2.05) is 24.3 Å². The van der Waals surface area contributed by atoms with E-state index < -0.39 is 0 Å². The first-order valence-corrected chi connectivity index (χ1v) is 5.77. The fourth-order valence-corrected chi connectivity index (χ4v) is 2.39. The molecule has 0 fully saturated rings. The molecule has 1 aromatic carbocycles. The van der Waals surface area contributed by atoms with Crippen LogP contribution in [-0.2, 0) is 0 Å². The molecule has 0 saturated heterocycles. The second kappa shape index (κ2) is 4.68. The molecular formula is C11H14N2OS. The Bertz CT molecular complexity index is 379. The van der Waals surface area contributed by atoms with Crippen LogP contribution in [0.15, 0.2) is 29.3 Å². The standard InChI is InChI=1S/C11H14N2OS/c1-8-12-7-13-11(15-8)9-5-3-4-6-10(9)14-2/h3-6,8,12H,7H2,1-2H3. The SMILES string of the molecule is COc1ccccc1C1=NCNC(C)S1. The minimum Gasteiger partial charge on any atom is -0.496 e. The summed E-state index contributed by atoms with van der Waals surface area (Å²) in [5, 5.41) is 4.71. The molecule has 1 unspecified atom stereocenters. The van der Waals surface area contributed by atoms with Crippen LogP contribution in [0.25, 0.3) is 0 Å². The lowest BCUT2D eigenvalue weighted by atomic mass is 10.2. The number of hydrogen-bond donors (Lipinski definition) is 1. The Kier molecular flexibility index (Phi) is 3.28. The van der Waals surface area contributed by atoms with Gasteiger partial charge in [-0.05, 0) is 19.1 Å². The summed E-state index contributed by atoms with van der Waals surface area (Å²) in [5.41, 5.74) is 1.08. The van der Waals surface area contributed by atoms with Crippen LogP contribution in [0, 0.1) is 0 Å². The predicted octanol–water partition coefficient (Wildman–Crippen LogP) is 2.08. The summed E-state index contributed by atoms with van der Waals surface area (Å²) in [4.78, 5) is 4.45. The van der Waals surface area contributed by atoms with Gasteiger partial charge >= 0.3 is 0 Å². The lowest BCUT2D eigenvalue weighted by Gasteiger charge is -2.20. The third-order valence-corrected chi connectivity index (χ3v) is 3.32. The number of aliphatic imine (C=N–C) groups is 1. The topological polar surface area (TPSA) is 33.6 Å². The summed E-state index contributed by atoms with van der Waals surface area (Å²) in [5.74, 6) is 0.887. The number of nitrogens with one attached hydrogen (secondary N) is 1. The minimum absolute atomic E-state index is 0.405. The maximum atomic E-state index is 5.32. The molecule has 1 aliphatic rings. The lowest BCUT2D eigenvalue weighted by Crippen LogP contribution is -2.29. The van der Waals surface area contributed by atoms with E-state index in [9.17, 15) is 0 Å². The van der Waals surface area contributed by atoms with Crippen LogP contribution >= 0.6 is 11.8 Å². The van der Waals surface area contributed by atoms with Crippen molar-refractivity contribution >= 4 is 16.8 Å². The molecule has 1 N–H and O–H groups in total. The average Bonchev–Trinajstić information content (AvgIpc) is 2.29. The molecule has 1 heterocycles. The first kappa shape index (κ1) is 10.5. The van der Waals surface area contributed by atoms with Crippen molar-refractivity contribution in [1.82, 2.24) is 5.32 Å². The maximum absolute atomic E-state index is 5.32. The number of ether oxygens (including phenoxy) is 1. The largest absolute Gasteiger partial charge is 0.496 e.